The Morgan fingerprint density at radius 1 is 0.852 bits per heavy atom. The Morgan fingerprint density at radius 2 is 1.74 bits per heavy atom. The van der Waals surface area contributed by atoms with Crippen molar-refractivity contribution in [3.63, 3.8) is 0 Å². The predicted molar refractivity (Wildman–Crippen MR) is 107 cm³/mol. The number of H-pyrrole nitrogens is 2. The Morgan fingerprint density at radius 3 is 2.67 bits per heavy atom. The van der Waals surface area contributed by atoms with Crippen molar-refractivity contribution < 1.29 is 4.74 Å². The summed E-state index contributed by atoms with van der Waals surface area (Å²) in [7, 11) is 0. The number of nitrogens with zero attached hydrogens (tertiary/aromatic N) is 2. The first-order valence-electron chi connectivity index (χ1n) is 9.08. The van der Waals surface area contributed by atoms with E-state index in [9.17, 15) is 0 Å². The lowest BCUT2D eigenvalue weighted by atomic mass is 10.1. The number of hydrogen-bond donors (Lipinski definition) is 2. The van der Waals surface area contributed by atoms with Gasteiger partial charge in [0.2, 0.25) is 0 Å². The topological polar surface area (TPSA) is 65.5 Å². The minimum Gasteiger partial charge on any atom is -0.448 e. The predicted octanol–water partition coefficient (Wildman–Crippen LogP) is 2.79. The summed E-state index contributed by atoms with van der Waals surface area (Å²) >= 11 is 0. The molecule has 2 N–H and O–H groups in total. The first-order chi connectivity index (χ1) is 13.3. The highest BCUT2D eigenvalue weighted by molar-refractivity contribution is 6.27. The van der Waals surface area contributed by atoms with Crippen molar-refractivity contribution in [3.8, 4) is 0 Å². The average Bonchev–Trinajstić information content (AvgIpc) is 3.45. The number of ether oxygens (including phenoxy) is 1. The van der Waals surface area contributed by atoms with E-state index in [1.165, 1.54) is 5.57 Å². The molecule has 4 aliphatic heterocycles. The summed E-state index contributed by atoms with van der Waals surface area (Å²) in [5, 5.41) is 1.98. The standard InChI is InChI=1S/C22H16N4O/c1-2-14-15-5-3-12(23-15)11-13-4-6-17(24-13)21-19-9-10-20(26-19)22(27-21)18-8-7-16(14)25-18/h3-11,24-25H,2H2,1H3. The van der Waals surface area contributed by atoms with E-state index in [0.29, 0.717) is 0 Å². The molecule has 0 radical (unpaired) electrons. The molecule has 0 spiro atoms. The fourth-order valence-electron chi connectivity index (χ4n) is 3.84. The second-order valence-corrected chi connectivity index (χ2v) is 6.82. The third kappa shape index (κ3) is 2.11. The van der Waals surface area contributed by atoms with Crippen LogP contribution >= 0.6 is 0 Å². The number of aromatic amines is 2. The van der Waals surface area contributed by atoms with Crippen molar-refractivity contribution in [2.75, 3.05) is 0 Å². The van der Waals surface area contributed by atoms with Crippen molar-refractivity contribution in [1.82, 2.24) is 9.97 Å². The van der Waals surface area contributed by atoms with Gasteiger partial charge in [-0.25, -0.2) is 9.98 Å². The van der Waals surface area contributed by atoms with Gasteiger partial charge in [-0.05, 0) is 61.1 Å². The van der Waals surface area contributed by atoms with E-state index in [2.05, 4.69) is 35.1 Å². The molecule has 0 aromatic carbocycles. The molecule has 2 aromatic heterocycles. The first-order valence-corrected chi connectivity index (χ1v) is 9.08. The van der Waals surface area contributed by atoms with E-state index in [-0.39, 0.29) is 0 Å². The van der Waals surface area contributed by atoms with Crippen molar-refractivity contribution >= 4 is 34.6 Å². The van der Waals surface area contributed by atoms with Gasteiger partial charge in [0.05, 0.1) is 22.5 Å². The van der Waals surface area contributed by atoms with Crippen LogP contribution in [0.3, 0.4) is 0 Å². The van der Waals surface area contributed by atoms with Gasteiger partial charge < -0.3 is 14.7 Å². The van der Waals surface area contributed by atoms with Crippen molar-refractivity contribution in [2.45, 2.75) is 13.3 Å². The van der Waals surface area contributed by atoms with Gasteiger partial charge in [0.15, 0.2) is 11.5 Å². The van der Waals surface area contributed by atoms with Crippen LogP contribution in [-0.2, 0) is 4.74 Å². The van der Waals surface area contributed by atoms with Crippen molar-refractivity contribution in [1.29, 1.82) is 0 Å². The minimum absolute atomic E-state index is 0.742. The fourth-order valence-corrected chi connectivity index (χ4v) is 3.84. The lowest BCUT2D eigenvalue weighted by molar-refractivity contribution is 0.467. The van der Waals surface area contributed by atoms with E-state index >= 15 is 0 Å². The molecule has 5 heteroatoms. The molecule has 130 valence electrons. The second-order valence-electron chi connectivity index (χ2n) is 6.82. The van der Waals surface area contributed by atoms with E-state index in [0.717, 1.165) is 62.8 Å². The van der Waals surface area contributed by atoms with Gasteiger partial charge in [0.1, 0.15) is 11.4 Å². The number of aliphatic imine (C=N–C) groups is 2. The molecule has 2 aromatic rings. The Balaban J connectivity index is 1.71. The van der Waals surface area contributed by atoms with Crippen LogP contribution < -0.4 is 10.7 Å². The van der Waals surface area contributed by atoms with Gasteiger partial charge in [0.25, 0.3) is 0 Å². The van der Waals surface area contributed by atoms with Gasteiger partial charge in [-0.1, -0.05) is 6.92 Å². The summed E-state index contributed by atoms with van der Waals surface area (Å²) in [5.74, 6) is 1.49. The summed E-state index contributed by atoms with van der Waals surface area (Å²) in [6, 6.07) is 8.19. The van der Waals surface area contributed by atoms with E-state index in [1.807, 2.05) is 36.4 Å². The molecule has 0 amide bonds. The maximum atomic E-state index is 6.32. The highest BCUT2D eigenvalue weighted by atomic mass is 16.5. The minimum atomic E-state index is 0.742. The third-order valence-electron chi connectivity index (χ3n) is 5.15. The maximum Gasteiger partial charge on any atom is 0.176 e. The number of rotatable bonds is 1. The molecule has 27 heavy (non-hydrogen) atoms. The van der Waals surface area contributed by atoms with E-state index in [1.54, 1.807) is 0 Å². The van der Waals surface area contributed by atoms with Crippen molar-refractivity contribution in [3.05, 3.63) is 82.0 Å². The molecular weight excluding hydrogens is 336 g/mol. The molecule has 5 nitrogen and oxygen atoms in total. The van der Waals surface area contributed by atoms with Gasteiger partial charge in [-0.2, -0.15) is 0 Å². The number of nitrogens with one attached hydrogen (secondary N) is 2. The monoisotopic (exact) mass is 352 g/mol. The summed E-state index contributed by atoms with van der Waals surface area (Å²) in [6.07, 6.45) is 11.1. The van der Waals surface area contributed by atoms with Crippen LogP contribution in [0.15, 0.2) is 69.9 Å². The lowest BCUT2D eigenvalue weighted by Crippen LogP contribution is -2.21. The van der Waals surface area contributed by atoms with Gasteiger partial charge in [-0.15, -0.1) is 0 Å². The van der Waals surface area contributed by atoms with Crippen LogP contribution in [0.4, 0.5) is 0 Å². The molecule has 0 unspecified atom stereocenters. The van der Waals surface area contributed by atoms with E-state index < -0.39 is 0 Å². The fraction of sp³-hybridized carbons (Fsp3) is 0.0909. The van der Waals surface area contributed by atoms with Gasteiger partial charge >= 0.3 is 0 Å². The normalized spacial score (nSPS) is 19.1. The summed E-state index contributed by atoms with van der Waals surface area (Å²) in [6.45, 7) is 2.15. The SMILES string of the molecule is CCC1=c2ccc([nH]2)=C2OC(=C3C=CC2=N3)c2ccc([nH]2)C=C2C=CC1=N2. The molecule has 6 heterocycles. The van der Waals surface area contributed by atoms with Crippen LogP contribution in [0.1, 0.15) is 24.7 Å². The van der Waals surface area contributed by atoms with Crippen molar-refractivity contribution in [2.24, 2.45) is 9.98 Å². The molecule has 10 bridgehead atoms. The Labute approximate surface area is 155 Å². The van der Waals surface area contributed by atoms with Crippen LogP contribution in [0.5, 0.6) is 0 Å². The Bertz CT molecular complexity index is 1320. The van der Waals surface area contributed by atoms with E-state index in [4.69, 9.17) is 14.7 Å². The summed E-state index contributed by atoms with van der Waals surface area (Å²) in [4.78, 5) is 16.5. The quantitative estimate of drug-likeness (QED) is 0.814. The first kappa shape index (κ1) is 14.6. The van der Waals surface area contributed by atoms with Crippen LogP contribution in [0.25, 0.3) is 23.2 Å². The molecule has 0 atom stereocenters. The zero-order valence-corrected chi connectivity index (χ0v) is 14.7. The molecule has 0 saturated carbocycles. The molecule has 4 aliphatic rings. The van der Waals surface area contributed by atoms with Crippen LogP contribution in [0, 0.1) is 0 Å². The molecule has 6 rings (SSSR count). The smallest absolute Gasteiger partial charge is 0.176 e. The highest BCUT2D eigenvalue weighted by Gasteiger charge is 2.26. The Hall–Kier alpha value is -3.60. The Kier molecular flexibility index (Phi) is 2.81. The molecule has 0 saturated heterocycles. The highest BCUT2D eigenvalue weighted by Crippen LogP contribution is 2.33. The largest absolute Gasteiger partial charge is 0.448 e. The van der Waals surface area contributed by atoms with Gasteiger partial charge in [0, 0.05) is 16.6 Å². The van der Waals surface area contributed by atoms with Gasteiger partial charge in [-0.3, -0.25) is 0 Å². The number of allylic oxidation sites excluding steroid dienone is 3. The van der Waals surface area contributed by atoms with Crippen LogP contribution in [-0.4, -0.2) is 21.4 Å². The zero-order valence-electron chi connectivity index (χ0n) is 14.7. The molecular formula is C22H16N4O. The number of fused-ring (bicyclic) bond motifs is 10. The third-order valence-corrected chi connectivity index (χ3v) is 5.15. The summed E-state index contributed by atoms with van der Waals surface area (Å²) < 4.78 is 6.32. The maximum absolute atomic E-state index is 6.32. The molecule has 0 aliphatic carbocycles. The molecule has 0 fully saturated rings. The number of aromatic nitrogens is 2. The number of hydrogen-bond acceptors (Lipinski definition) is 3. The average molecular weight is 352 g/mol. The van der Waals surface area contributed by atoms with Crippen LogP contribution in [0.2, 0.25) is 0 Å². The second kappa shape index (κ2) is 5.20. The zero-order chi connectivity index (χ0) is 18.0. The lowest BCUT2D eigenvalue weighted by Gasteiger charge is -2.15. The summed E-state index contributed by atoms with van der Waals surface area (Å²) in [5.41, 5.74) is 6.69.